The number of hydrogen-bond acceptors (Lipinski definition) is 3. The minimum atomic E-state index is 0.386. The van der Waals surface area contributed by atoms with Gasteiger partial charge in [-0.1, -0.05) is 12.1 Å². The van der Waals surface area contributed by atoms with Crippen molar-refractivity contribution in [3.8, 4) is 5.75 Å². The van der Waals surface area contributed by atoms with Gasteiger partial charge < -0.3 is 10.1 Å². The highest BCUT2D eigenvalue weighted by molar-refractivity contribution is 5.29. The van der Waals surface area contributed by atoms with E-state index in [1.807, 2.05) is 37.8 Å². The van der Waals surface area contributed by atoms with E-state index in [1.54, 1.807) is 7.11 Å². The average molecular weight is 273 g/mol. The van der Waals surface area contributed by atoms with Gasteiger partial charge in [-0.05, 0) is 44.2 Å². The zero-order valence-corrected chi connectivity index (χ0v) is 12.7. The maximum absolute atomic E-state index is 5.28. The van der Waals surface area contributed by atoms with Crippen LogP contribution >= 0.6 is 0 Å². The molecule has 4 heteroatoms. The third-order valence-electron chi connectivity index (χ3n) is 3.58. The molecule has 1 aromatic carbocycles. The van der Waals surface area contributed by atoms with E-state index in [1.165, 1.54) is 11.3 Å². The lowest BCUT2D eigenvalue weighted by Gasteiger charge is -2.16. The molecule has 1 atom stereocenters. The summed E-state index contributed by atoms with van der Waals surface area (Å²) in [5.74, 6) is 0.911. The van der Waals surface area contributed by atoms with E-state index in [4.69, 9.17) is 4.74 Å². The van der Waals surface area contributed by atoms with Crippen LogP contribution in [0.4, 0.5) is 0 Å². The number of aromatic nitrogens is 2. The van der Waals surface area contributed by atoms with Crippen LogP contribution in [0.15, 0.2) is 30.3 Å². The lowest BCUT2D eigenvalue weighted by molar-refractivity contribution is 0.414. The Morgan fingerprint density at radius 1 is 1.30 bits per heavy atom. The van der Waals surface area contributed by atoms with Crippen molar-refractivity contribution < 1.29 is 4.74 Å². The molecule has 0 aliphatic heterocycles. The predicted molar refractivity (Wildman–Crippen MR) is 81.2 cm³/mol. The third kappa shape index (κ3) is 3.61. The number of likely N-dealkylation sites (N-methyl/N-ethyl adjacent to an activating group) is 1. The number of nitrogens with one attached hydrogen (secondary N) is 1. The molecule has 0 spiro atoms. The molecule has 0 bridgehead atoms. The van der Waals surface area contributed by atoms with Crippen LogP contribution in [0, 0.1) is 6.92 Å². The maximum Gasteiger partial charge on any atom is 0.119 e. The summed E-state index contributed by atoms with van der Waals surface area (Å²) in [6.45, 7) is 2.03. The molecule has 20 heavy (non-hydrogen) atoms. The zero-order chi connectivity index (χ0) is 14.5. The van der Waals surface area contributed by atoms with Gasteiger partial charge in [0, 0.05) is 25.2 Å². The molecule has 2 rings (SSSR count). The fourth-order valence-electron chi connectivity index (χ4n) is 2.47. The molecular formula is C16H23N3O. The van der Waals surface area contributed by atoms with Crippen molar-refractivity contribution in [3.63, 3.8) is 0 Å². The highest BCUT2D eigenvalue weighted by atomic mass is 16.5. The summed E-state index contributed by atoms with van der Waals surface area (Å²) in [7, 11) is 5.71. The second-order valence-corrected chi connectivity index (χ2v) is 5.15. The molecule has 1 N–H and O–H groups in total. The minimum absolute atomic E-state index is 0.386. The van der Waals surface area contributed by atoms with Gasteiger partial charge in [-0.25, -0.2) is 0 Å². The van der Waals surface area contributed by atoms with Crippen molar-refractivity contribution >= 4 is 0 Å². The third-order valence-corrected chi connectivity index (χ3v) is 3.58. The van der Waals surface area contributed by atoms with E-state index in [2.05, 4.69) is 28.6 Å². The Hall–Kier alpha value is -1.81. The van der Waals surface area contributed by atoms with Crippen molar-refractivity contribution in [1.82, 2.24) is 15.1 Å². The first kappa shape index (κ1) is 14.6. The Morgan fingerprint density at radius 3 is 2.70 bits per heavy atom. The van der Waals surface area contributed by atoms with Gasteiger partial charge in [0.25, 0.3) is 0 Å². The molecule has 0 aliphatic rings. The molecule has 108 valence electrons. The molecule has 0 amide bonds. The molecule has 0 saturated heterocycles. The highest BCUT2D eigenvalue weighted by Gasteiger charge is 2.12. The molecule has 0 saturated carbocycles. The summed E-state index contributed by atoms with van der Waals surface area (Å²) >= 11 is 0. The van der Waals surface area contributed by atoms with Gasteiger partial charge in [0.1, 0.15) is 5.75 Å². The number of ether oxygens (including phenoxy) is 1. The van der Waals surface area contributed by atoms with Gasteiger partial charge in [-0.15, -0.1) is 0 Å². The quantitative estimate of drug-likeness (QED) is 0.876. The van der Waals surface area contributed by atoms with Crippen molar-refractivity contribution in [3.05, 3.63) is 47.3 Å². The normalized spacial score (nSPS) is 12.4. The van der Waals surface area contributed by atoms with E-state index >= 15 is 0 Å². The lowest BCUT2D eigenvalue weighted by atomic mass is 10.0. The van der Waals surface area contributed by atoms with Crippen LogP contribution in [-0.2, 0) is 19.9 Å². The van der Waals surface area contributed by atoms with Crippen molar-refractivity contribution in [2.75, 3.05) is 14.2 Å². The van der Waals surface area contributed by atoms with Gasteiger partial charge in [-0.2, -0.15) is 5.10 Å². The van der Waals surface area contributed by atoms with Crippen LogP contribution in [-0.4, -0.2) is 30.0 Å². The lowest BCUT2D eigenvalue weighted by Crippen LogP contribution is -2.30. The monoisotopic (exact) mass is 273 g/mol. The summed E-state index contributed by atoms with van der Waals surface area (Å²) in [6, 6.07) is 10.8. The minimum Gasteiger partial charge on any atom is -0.497 e. The van der Waals surface area contributed by atoms with E-state index < -0.39 is 0 Å². The summed E-state index contributed by atoms with van der Waals surface area (Å²) < 4.78 is 7.24. The number of methoxy groups -OCH3 is 1. The smallest absolute Gasteiger partial charge is 0.119 e. The molecule has 0 fully saturated rings. The Balaban J connectivity index is 2.06. The molecule has 1 aromatic heterocycles. The van der Waals surface area contributed by atoms with Crippen LogP contribution in [0.5, 0.6) is 5.75 Å². The molecule has 0 aliphatic carbocycles. The van der Waals surface area contributed by atoms with Crippen LogP contribution in [0.1, 0.15) is 17.0 Å². The van der Waals surface area contributed by atoms with E-state index in [9.17, 15) is 0 Å². The van der Waals surface area contributed by atoms with Gasteiger partial charge in [0.2, 0.25) is 0 Å². The number of nitrogens with zero attached hydrogens (tertiary/aromatic N) is 2. The summed E-state index contributed by atoms with van der Waals surface area (Å²) in [5.41, 5.74) is 3.60. The topological polar surface area (TPSA) is 39.1 Å². The summed E-state index contributed by atoms with van der Waals surface area (Å²) in [4.78, 5) is 0. The average Bonchev–Trinajstić information content (AvgIpc) is 2.76. The van der Waals surface area contributed by atoms with Gasteiger partial charge in [-0.3, -0.25) is 4.68 Å². The first-order valence-electron chi connectivity index (χ1n) is 6.92. The summed E-state index contributed by atoms with van der Waals surface area (Å²) in [6.07, 6.45) is 1.93. The second kappa shape index (κ2) is 6.57. The van der Waals surface area contributed by atoms with Crippen molar-refractivity contribution in [2.24, 2.45) is 7.05 Å². The molecule has 1 heterocycles. The zero-order valence-electron chi connectivity index (χ0n) is 12.7. The Labute approximate surface area is 120 Å². The predicted octanol–water partition coefficient (Wildman–Crippen LogP) is 2.11. The van der Waals surface area contributed by atoms with Crippen molar-refractivity contribution in [2.45, 2.75) is 25.8 Å². The van der Waals surface area contributed by atoms with E-state index in [0.29, 0.717) is 6.04 Å². The Bertz CT molecular complexity index is 563. The highest BCUT2D eigenvalue weighted by Crippen LogP contribution is 2.15. The fraction of sp³-hybridized carbons (Fsp3) is 0.438. The number of benzene rings is 1. The number of hydrogen-bond donors (Lipinski definition) is 1. The molecule has 1 unspecified atom stereocenters. The number of aryl methyl sites for hydroxylation is 2. The first-order valence-corrected chi connectivity index (χ1v) is 6.92. The molecule has 4 nitrogen and oxygen atoms in total. The second-order valence-electron chi connectivity index (χ2n) is 5.15. The molecular weight excluding hydrogens is 250 g/mol. The SMILES string of the molecule is CNC(Cc1cccc(OC)c1)Cc1cc(C)nn1C. The van der Waals surface area contributed by atoms with E-state index in [0.717, 1.165) is 24.3 Å². The van der Waals surface area contributed by atoms with Gasteiger partial charge in [0.15, 0.2) is 0 Å². The fourth-order valence-corrected chi connectivity index (χ4v) is 2.47. The van der Waals surface area contributed by atoms with Crippen LogP contribution in [0.3, 0.4) is 0 Å². The van der Waals surface area contributed by atoms with Gasteiger partial charge in [0.05, 0.1) is 12.8 Å². The first-order chi connectivity index (χ1) is 9.62. The maximum atomic E-state index is 5.28. The van der Waals surface area contributed by atoms with E-state index in [-0.39, 0.29) is 0 Å². The van der Waals surface area contributed by atoms with Crippen LogP contribution in [0.2, 0.25) is 0 Å². The summed E-state index contributed by atoms with van der Waals surface area (Å²) in [5, 5.41) is 7.79. The Morgan fingerprint density at radius 2 is 2.10 bits per heavy atom. The Kier molecular flexibility index (Phi) is 4.79. The largest absolute Gasteiger partial charge is 0.497 e. The van der Waals surface area contributed by atoms with Gasteiger partial charge >= 0.3 is 0 Å². The molecule has 0 radical (unpaired) electrons. The number of rotatable bonds is 6. The van der Waals surface area contributed by atoms with Crippen LogP contribution < -0.4 is 10.1 Å². The van der Waals surface area contributed by atoms with Crippen LogP contribution in [0.25, 0.3) is 0 Å². The van der Waals surface area contributed by atoms with Crippen molar-refractivity contribution in [1.29, 1.82) is 0 Å². The molecule has 2 aromatic rings. The standard InChI is InChI=1S/C16H23N3O/c1-12-8-15(19(3)18-12)11-14(17-2)9-13-6-5-7-16(10-13)20-4/h5-8,10,14,17H,9,11H2,1-4H3.